The van der Waals surface area contributed by atoms with Gasteiger partial charge >= 0.3 is 11.7 Å². The molecule has 0 saturated heterocycles. The van der Waals surface area contributed by atoms with E-state index in [1.54, 1.807) is 32.3 Å². The smallest absolute Gasteiger partial charge is 0.322 e. The number of benzene rings is 2. The van der Waals surface area contributed by atoms with Crippen molar-refractivity contribution < 1.29 is 23.9 Å². The van der Waals surface area contributed by atoms with Crippen LogP contribution in [0.25, 0.3) is 23.1 Å². The van der Waals surface area contributed by atoms with Crippen molar-refractivity contribution in [1.29, 1.82) is 0 Å². The molecule has 0 spiro atoms. The quantitative estimate of drug-likeness (QED) is 0.243. The molecule has 0 atom stereocenters. The Bertz CT molecular complexity index is 1140. The number of esters is 1. The van der Waals surface area contributed by atoms with Crippen LogP contribution in [0.2, 0.25) is 0 Å². The first-order valence-corrected chi connectivity index (χ1v) is 9.19. The molecule has 0 aliphatic heterocycles. The average Bonchev–Trinajstić information content (AvgIpc) is 2.72. The SMILES string of the molecule is CCOc1c(OC(C)=O)ccc(C=Cc2ccc3cccc(OC)c3n2)c1[N+](=O)[O-]. The average molecular weight is 408 g/mol. The van der Waals surface area contributed by atoms with Crippen LogP contribution >= 0.6 is 0 Å². The molecule has 0 aliphatic rings. The molecule has 0 aliphatic carbocycles. The van der Waals surface area contributed by atoms with Gasteiger partial charge in [-0.05, 0) is 43.3 Å². The molecule has 30 heavy (non-hydrogen) atoms. The highest BCUT2D eigenvalue weighted by Gasteiger charge is 2.25. The van der Waals surface area contributed by atoms with E-state index in [2.05, 4.69) is 4.98 Å². The molecule has 1 aromatic heterocycles. The number of rotatable bonds is 7. The number of nitrogens with zero attached hydrogens (tertiary/aromatic N) is 2. The number of carbonyl (C=O) groups is 1. The van der Waals surface area contributed by atoms with Crippen molar-refractivity contribution in [2.75, 3.05) is 13.7 Å². The number of hydrogen-bond donors (Lipinski definition) is 0. The zero-order valence-corrected chi connectivity index (χ0v) is 16.7. The maximum Gasteiger partial charge on any atom is 0.322 e. The Morgan fingerprint density at radius 2 is 1.93 bits per heavy atom. The topological polar surface area (TPSA) is 101 Å². The predicted octanol–water partition coefficient (Wildman–Crippen LogP) is 4.65. The summed E-state index contributed by atoms with van der Waals surface area (Å²) in [4.78, 5) is 27.1. The van der Waals surface area contributed by atoms with Crippen molar-refractivity contribution in [2.45, 2.75) is 13.8 Å². The summed E-state index contributed by atoms with van der Waals surface area (Å²) in [6, 6.07) is 12.3. The first kappa shape index (κ1) is 20.8. The Morgan fingerprint density at radius 3 is 2.60 bits per heavy atom. The van der Waals surface area contributed by atoms with Crippen LogP contribution in [0.3, 0.4) is 0 Å². The minimum absolute atomic E-state index is 0.00164. The molecule has 0 amide bonds. The Balaban J connectivity index is 2.06. The van der Waals surface area contributed by atoms with Crippen LogP contribution in [0.15, 0.2) is 42.5 Å². The number of nitro groups is 1. The summed E-state index contributed by atoms with van der Waals surface area (Å²) >= 11 is 0. The summed E-state index contributed by atoms with van der Waals surface area (Å²) in [7, 11) is 1.57. The zero-order chi connectivity index (χ0) is 21.7. The molecular weight excluding hydrogens is 388 g/mol. The first-order valence-electron chi connectivity index (χ1n) is 9.19. The van der Waals surface area contributed by atoms with Gasteiger partial charge < -0.3 is 14.2 Å². The van der Waals surface area contributed by atoms with E-state index in [1.807, 2.05) is 24.3 Å². The number of nitro benzene ring substituents is 1. The van der Waals surface area contributed by atoms with Gasteiger partial charge in [0.15, 0.2) is 5.75 Å². The summed E-state index contributed by atoms with van der Waals surface area (Å²) in [5, 5.41) is 12.7. The lowest BCUT2D eigenvalue weighted by atomic mass is 10.1. The highest BCUT2D eigenvalue weighted by molar-refractivity contribution is 5.86. The molecule has 2 aromatic carbocycles. The first-order chi connectivity index (χ1) is 14.4. The fraction of sp³-hybridized carbons (Fsp3) is 0.182. The normalized spacial score (nSPS) is 10.9. The van der Waals surface area contributed by atoms with E-state index in [0.29, 0.717) is 22.5 Å². The second-order valence-electron chi connectivity index (χ2n) is 6.22. The molecule has 8 heteroatoms. The summed E-state index contributed by atoms with van der Waals surface area (Å²) in [6.45, 7) is 3.08. The van der Waals surface area contributed by atoms with Gasteiger partial charge in [0.25, 0.3) is 0 Å². The Kier molecular flexibility index (Phi) is 6.26. The van der Waals surface area contributed by atoms with Crippen molar-refractivity contribution in [3.05, 3.63) is 63.8 Å². The number of hydrogen-bond acceptors (Lipinski definition) is 7. The van der Waals surface area contributed by atoms with Crippen molar-refractivity contribution in [3.63, 3.8) is 0 Å². The van der Waals surface area contributed by atoms with Gasteiger partial charge in [-0.1, -0.05) is 18.2 Å². The van der Waals surface area contributed by atoms with Crippen molar-refractivity contribution in [2.24, 2.45) is 0 Å². The van der Waals surface area contributed by atoms with Crippen molar-refractivity contribution in [1.82, 2.24) is 4.98 Å². The Labute approximate surface area is 172 Å². The standard InChI is InChI=1S/C22H20N2O6/c1-4-29-22-19(30-14(2)25)13-10-16(21(22)24(26)27)9-12-17-11-8-15-6-5-7-18(28-3)20(15)23-17/h5-13H,4H2,1-3H3. The van der Waals surface area contributed by atoms with Gasteiger partial charge in [0, 0.05) is 12.3 Å². The van der Waals surface area contributed by atoms with Gasteiger partial charge in [0.05, 0.1) is 29.9 Å². The van der Waals surface area contributed by atoms with E-state index in [0.717, 1.165) is 5.39 Å². The summed E-state index contributed by atoms with van der Waals surface area (Å²) in [6.07, 6.45) is 3.23. The van der Waals surface area contributed by atoms with Crippen LogP contribution in [0, 0.1) is 10.1 Å². The largest absolute Gasteiger partial charge is 0.494 e. The molecule has 0 N–H and O–H groups in total. The summed E-state index contributed by atoms with van der Waals surface area (Å²) in [5.74, 6) is -0.0456. The third-order valence-electron chi connectivity index (χ3n) is 4.21. The monoisotopic (exact) mass is 408 g/mol. The van der Waals surface area contributed by atoms with E-state index < -0.39 is 10.9 Å². The van der Waals surface area contributed by atoms with Crippen LogP contribution in [-0.4, -0.2) is 29.6 Å². The predicted molar refractivity (Wildman–Crippen MR) is 113 cm³/mol. The lowest BCUT2D eigenvalue weighted by Crippen LogP contribution is -2.06. The van der Waals surface area contributed by atoms with Crippen molar-refractivity contribution in [3.8, 4) is 17.2 Å². The highest BCUT2D eigenvalue weighted by Crippen LogP contribution is 2.40. The molecule has 3 aromatic rings. The minimum Gasteiger partial charge on any atom is -0.494 e. The minimum atomic E-state index is -0.595. The second kappa shape index (κ2) is 9.04. The fourth-order valence-corrected chi connectivity index (χ4v) is 2.98. The van der Waals surface area contributed by atoms with E-state index in [1.165, 1.54) is 19.1 Å². The van der Waals surface area contributed by atoms with Crippen LogP contribution in [0.1, 0.15) is 25.1 Å². The zero-order valence-electron chi connectivity index (χ0n) is 16.7. The molecule has 3 rings (SSSR count). The molecule has 1 heterocycles. The molecule has 0 fully saturated rings. The number of carbonyl (C=O) groups excluding carboxylic acids is 1. The Hall–Kier alpha value is -3.94. The molecule has 154 valence electrons. The summed E-state index contributed by atoms with van der Waals surface area (Å²) < 4.78 is 15.8. The van der Waals surface area contributed by atoms with Gasteiger partial charge in [0.1, 0.15) is 11.3 Å². The van der Waals surface area contributed by atoms with Gasteiger partial charge in [-0.2, -0.15) is 0 Å². The highest BCUT2D eigenvalue weighted by atomic mass is 16.6. The molecular formula is C22H20N2O6. The van der Waals surface area contributed by atoms with Gasteiger partial charge in [0.2, 0.25) is 5.75 Å². The number of aromatic nitrogens is 1. The number of methoxy groups -OCH3 is 1. The fourth-order valence-electron chi connectivity index (χ4n) is 2.98. The lowest BCUT2D eigenvalue weighted by molar-refractivity contribution is -0.386. The molecule has 8 nitrogen and oxygen atoms in total. The third-order valence-corrected chi connectivity index (χ3v) is 4.21. The van der Waals surface area contributed by atoms with E-state index in [-0.39, 0.29) is 23.8 Å². The van der Waals surface area contributed by atoms with Crippen molar-refractivity contribution >= 4 is 34.7 Å². The van der Waals surface area contributed by atoms with Crippen LogP contribution in [0.5, 0.6) is 17.2 Å². The maximum atomic E-state index is 11.7. The lowest BCUT2D eigenvalue weighted by Gasteiger charge is -2.11. The van der Waals surface area contributed by atoms with Crippen LogP contribution in [0.4, 0.5) is 5.69 Å². The molecule has 0 saturated carbocycles. The van der Waals surface area contributed by atoms with E-state index in [4.69, 9.17) is 14.2 Å². The second-order valence-corrected chi connectivity index (χ2v) is 6.22. The van der Waals surface area contributed by atoms with Gasteiger partial charge in [-0.15, -0.1) is 0 Å². The van der Waals surface area contributed by atoms with Crippen LogP contribution < -0.4 is 14.2 Å². The molecule has 0 unspecified atom stereocenters. The van der Waals surface area contributed by atoms with Gasteiger partial charge in [-0.25, -0.2) is 4.98 Å². The maximum absolute atomic E-state index is 11.7. The molecule has 0 radical (unpaired) electrons. The van der Waals surface area contributed by atoms with Gasteiger partial charge in [-0.3, -0.25) is 14.9 Å². The molecule has 0 bridgehead atoms. The number of pyridine rings is 1. The number of para-hydroxylation sites is 1. The third kappa shape index (κ3) is 4.38. The number of fused-ring (bicyclic) bond motifs is 1. The number of ether oxygens (including phenoxy) is 3. The Morgan fingerprint density at radius 1 is 1.13 bits per heavy atom. The van der Waals surface area contributed by atoms with Crippen LogP contribution in [-0.2, 0) is 4.79 Å². The van der Waals surface area contributed by atoms with E-state index >= 15 is 0 Å². The summed E-state index contributed by atoms with van der Waals surface area (Å²) in [5.41, 5.74) is 1.30. The van der Waals surface area contributed by atoms with E-state index in [9.17, 15) is 14.9 Å².